The molecule has 0 unspecified atom stereocenters. The second-order valence-electron chi connectivity index (χ2n) is 7.21. The number of hydrogen-bond acceptors (Lipinski definition) is 6. The Hall–Kier alpha value is -3.26. The van der Waals surface area contributed by atoms with Crippen LogP contribution in [0.4, 0.5) is 5.82 Å². The van der Waals surface area contributed by atoms with E-state index in [9.17, 15) is 9.59 Å². The number of hydrogen-bond donors (Lipinski definition) is 1. The molecule has 0 saturated carbocycles. The SMILES string of the molecule is COc1ccc([C@@H]2CC(=O)Nc3c2c(=O)nc(SCc2ccccc2)n3C)cc1OC. The third-order valence-electron chi connectivity index (χ3n) is 5.32. The van der Waals surface area contributed by atoms with Gasteiger partial charge in [-0.15, -0.1) is 0 Å². The third kappa shape index (κ3) is 4.16. The summed E-state index contributed by atoms with van der Waals surface area (Å²) in [7, 11) is 4.94. The van der Waals surface area contributed by atoms with Gasteiger partial charge in [0.2, 0.25) is 5.91 Å². The highest BCUT2D eigenvalue weighted by Gasteiger charge is 2.32. The summed E-state index contributed by atoms with van der Waals surface area (Å²) in [5.41, 5.74) is 2.09. The van der Waals surface area contributed by atoms with Crippen molar-refractivity contribution in [3.63, 3.8) is 0 Å². The number of ether oxygens (including phenoxy) is 2. The molecule has 1 amide bonds. The zero-order chi connectivity index (χ0) is 22.0. The number of nitrogens with zero attached hydrogens (tertiary/aromatic N) is 2. The Labute approximate surface area is 184 Å². The van der Waals surface area contributed by atoms with Crippen molar-refractivity contribution in [3.8, 4) is 11.5 Å². The number of rotatable bonds is 6. The van der Waals surface area contributed by atoms with Crippen molar-refractivity contribution in [2.75, 3.05) is 19.5 Å². The summed E-state index contributed by atoms with van der Waals surface area (Å²) in [5, 5.41) is 3.43. The highest BCUT2D eigenvalue weighted by Crippen LogP contribution is 2.39. The molecular weight excluding hydrogens is 414 g/mol. The summed E-state index contributed by atoms with van der Waals surface area (Å²) in [6.07, 6.45) is 0.163. The second-order valence-corrected chi connectivity index (χ2v) is 8.16. The predicted octanol–water partition coefficient (Wildman–Crippen LogP) is 3.56. The molecule has 2 heterocycles. The van der Waals surface area contributed by atoms with E-state index in [2.05, 4.69) is 10.3 Å². The number of benzene rings is 2. The van der Waals surface area contributed by atoms with Gasteiger partial charge in [-0.25, -0.2) is 0 Å². The lowest BCUT2D eigenvalue weighted by atomic mass is 9.86. The van der Waals surface area contributed by atoms with Crippen LogP contribution in [0.1, 0.15) is 29.0 Å². The summed E-state index contributed by atoms with van der Waals surface area (Å²) in [6.45, 7) is 0. The average Bonchev–Trinajstić information content (AvgIpc) is 2.80. The lowest BCUT2D eigenvalue weighted by molar-refractivity contribution is -0.116. The van der Waals surface area contributed by atoms with Crippen LogP contribution in [0.2, 0.25) is 0 Å². The molecule has 0 radical (unpaired) electrons. The Morgan fingerprint density at radius 3 is 2.55 bits per heavy atom. The molecule has 7 nitrogen and oxygen atoms in total. The largest absolute Gasteiger partial charge is 0.493 e. The van der Waals surface area contributed by atoms with Gasteiger partial charge in [-0.3, -0.25) is 9.59 Å². The van der Waals surface area contributed by atoms with Gasteiger partial charge in [0.15, 0.2) is 16.7 Å². The minimum Gasteiger partial charge on any atom is -0.493 e. The van der Waals surface area contributed by atoms with Gasteiger partial charge in [-0.05, 0) is 23.3 Å². The first-order chi connectivity index (χ1) is 15.0. The van der Waals surface area contributed by atoms with Gasteiger partial charge in [0, 0.05) is 25.1 Å². The lowest BCUT2D eigenvalue weighted by Gasteiger charge is -2.28. The molecule has 3 aromatic rings. The average molecular weight is 438 g/mol. The molecule has 0 saturated heterocycles. The minimum atomic E-state index is -0.414. The molecule has 8 heteroatoms. The predicted molar refractivity (Wildman–Crippen MR) is 120 cm³/mol. The first-order valence-electron chi connectivity index (χ1n) is 9.81. The Kier molecular flexibility index (Phi) is 5.99. The van der Waals surface area contributed by atoms with Crippen LogP contribution in [0.5, 0.6) is 11.5 Å². The number of methoxy groups -OCH3 is 2. The van der Waals surface area contributed by atoms with Crippen molar-refractivity contribution in [2.45, 2.75) is 23.2 Å². The quantitative estimate of drug-likeness (QED) is 0.469. The zero-order valence-electron chi connectivity index (χ0n) is 17.5. The highest BCUT2D eigenvalue weighted by molar-refractivity contribution is 7.98. The number of carbonyl (C=O) groups excluding carboxylic acids is 1. The Morgan fingerprint density at radius 1 is 1.10 bits per heavy atom. The van der Waals surface area contributed by atoms with Crippen LogP contribution in [-0.4, -0.2) is 29.7 Å². The fourth-order valence-corrected chi connectivity index (χ4v) is 4.66. The molecule has 0 spiro atoms. The van der Waals surface area contributed by atoms with E-state index in [1.165, 1.54) is 11.8 Å². The number of aromatic nitrogens is 2. The first-order valence-corrected chi connectivity index (χ1v) is 10.8. The van der Waals surface area contributed by atoms with E-state index in [4.69, 9.17) is 9.47 Å². The minimum absolute atomic E-state index is 0.146. The zero-order valence-corrected chi connectivity index (χ0v) is 18.4. The summed E-state index contributed by atoms with van der Waals surface area (Å²) in [5.74, 6) is 1.74. The fraction of sp³-hybridized carbons (Fsp3) is 0.261. The molecule has 160 valence electrons. The number of nitrogens with one attached hydrogen (secondary N) is 1. The van der Waals surface area contributed by atoms with Gasteiger partial charge >= 0.3 is 0 Å². The van der Waals surface area contributed by atoms with Crippen LogP contribution in [0, 0.1) is 0 Å². The molecule has 1 aliphatic heterocycles. The number of fused-ring (bicyclic) bond motifs is 1. The Balaban J connectivity index is 1.73. The molecule has 0 aliphatic carbocycles. The topological polar surface area (TPSA) is 82.5 Å². The Bertz CT molecular complexity index is 1180. The molecule has 0 fully saturated rings. The molecule has 2 aromatic carbocycles. The summed E-state index contributed by atoms with van der Waals surface area (Å²) in [6, 6.07) is 15.4. The maximum Gasteiger partial charge on any atom is 0.279 e. The second kappa shape index (κ2) is 8.85. The highest BCUT2D eigenvalue weighted by atomic mass is 32.2. The number of thioether (sulfide) groups is 1. The molecule has 31 heavy (non-hydrogen) atoms. The molecule has 1 aromatic heterocycles. The molecule has 0 bridgehead atoms. The van der Waals surface area contributed by atoms with E-state index in [0.717, 1.165) is 11.1 Å². The van der Waals surface area contributed by atoms with Gasteiger partial charge in [0.25, 0.3) is 5.56 Å². The van der Waals surface area contributed by atoms with Crippen molar-refractivity contribution < 1.29 is 14.3 Å². The third-order valence-corrected chi connectivity index (χ3v) is 6.42. The number of amides is 1. The molecule has 1 N–H and O–H groups in total. The van der Waals surface area contributed by atoms with E-state index in [1.54, 1.807) is 24.9 Å². The van der Waals surface area contributed by atoms with E-state index < -0.39 is 5.92 Å². The maximum absolute atomic E-state index is 13.1. The molecule has 4 rings (SSSR count). The van der Waals surface area contributed by atoms with E-state index >= 15 is 0 Å². The van der Waals surface area contributed by atoms with Gasteiger partial charge < -0.3 is 19.4 Å². The van der Waals surface area contributed by atoms with Crippen molar-refractivity contribution in [1.29, 1.82) is 0 Å². The van der Waals surface area contributed by atoms with Crippen LogP contribution in [-0.2, 0) is 17.6 Å². The van der Waals surface area contributed by atoms with Crippen LogP contribution in [0.25, 0.3) is 0 Å². The molecular formula is C23H23N3O4S. The number of carbonyl (C=O) groups is 1. The van der Waals surface area contributed by atoms with Crippen molar-refractivity contribution in [2.24, 2.45) is 7.05 Å². The summed E-state index contributed by atoms with van der Waals surface area (Å²) >= 11 is 1.46. The Morgan fingerprint density at radius 2 is 1.84 bits per heavy atom. The lowest BCUT2D eigenvalue weighted by Crippen LogP contribution is -2.33. The van der Waals surface area contributed by atoms with Crippen LogP contribution in [0.15, 0.2) is 58.5 Å². The van der Waals surface area contributed by atoms with Gasteiger partial charge in [-0.1, -0.05) is 48.2 Å². The van der Waals surface area contributed by atoms with Gasteiger partial charge in [0.05, 0.1) is 19.8 Å². The molecule has 1 aliphatic rings. The normalized spacial score (nSPS) is 15.2. The first kappa shape index (κ1) is 21.0. The van der Waals surface area contributed by atoms with Crippen LogP contribution in [0.3, 0.4) is 0 Å². The van der Waals surface area contributed by atoms with Crippen molar-refractivity contribution in [1.82, 2.24) is 9.55 Å². The maximum atomic E-state index is 13.1. The van der Waals surface area contributed by atoms with Crippen LogP contribution >= 0.6 is 11.8 Å². The standard InChI is InChI=1S/C23H23N3O4S/c1-26-21-20(22(28)25-23(26)31-13-14-7-5-4-6-8-14)16(12-19(27)24-21)15-9-10-17(29-2)18(11-15)30-3/h4-11,16H,12-13H2,1-3H3,(H,24,27)/t16-/m0/s1. The number of anilines is 1. The monoisotopic (exact) mass is 437 g/mol. The van der Waals surface area contributed by atoms with E-state index in [0.29, 0.717) is 33.8 Å². The molecule has 1 atom stereocenters. The van der Waals surface area contributed by atoms with Crippen molar-refractivity contribution >= 4 is 23.5 Å². The fourth-order valence-electron chi connectivity index (χ4n) is 3.74. The smallest absolute Gasteiger partial charge is 0.279 e. The van der Waals surface area contributed by atoms with Gasteiger partial charge in [-0.2, -0.15) is 4.98 Å². The summed E-state index contributed by atoms with van der Waals surface area (Å²) in [4.78, 5) is 29.9. The van der Waals surface area contributed by atoms with Gasteiger partial charge in [0.1, 0.15) is 5.82 Å². The van der Waals surface area contributed by atoms with E-state index in [1.807, 2.05) is 49.5 Å². The summed E-state index contributed by atoms with van der Waals surface area (Å²) < 4.78 is 12.5. The van der Waals surface area contributed by atoms with E-state index in [-0.39, 0.29) is 17.9 Å². The van der Waals surface area contributed by atoms with Crippen LogP contribution < -0.4 is 20.3 Å². The van der Waals surface area contributed by atoms with Crippen molar-refractivity contribution in [3.05, 3.63) is 75.6 Å².